The molecule has 0 saturated carbocycles. The Bertz CT molecular complexity index is 918. The van der Waals surface area contributed by atoms with Crippen LogP contribution in [-0.4, -0.2) is 29.7 Å². The van der Waals surface area contributed by atoms with Crippen molar-refractivity contribution in [1.29, 1.82) is 0 Å². The van der Waals surface area contributed by atoms with Crippen molar-refractivity contribution in [3.8, 4) is 0 Å². The van der Waals surface area contributed by atoms with E-state index in [1.54, 1.807) is 35.6 Å². The van der Waals surface area contributed by atoms with Crippen LogP contribution in [-0.2, 0) is 19.1 Å². The van der Waals surface area contributed by atoms with Gasteiger partial charge in [0.05, 0.1) is 6.42 Å². The molecule has 0 spiro atoms. The van der Waals surface area contributed by atoms with Crippen molar-refractivity contribution in [1.82, 2.24) is 0 Å². The molecule has 0 fully saturated rings. The highest BCUT2D eigenvalue weighted by atomic mass is 32.1. The lowest BCUT2D eigenvalue weighted by molar-refractivity contribution is -0.153. The largest absolute Gasteiger partial charge is 0.453 e. The summed E-state index contributed by atoms with van der Waals surface area (Å²) in [5.74, 6) is -1.39. The third-order valence-corrected chi connectivity index (χ3v) is 5.01. The summed E-state index contributed by atoms with van der Waals surface area (Å²) in [5.41, 5.74) is 1.75. The summed E-state index contributed by atoms with van der Waals surface area (Å²) >= 11 is 1.54. The second-order valence-electron chi connectivity index (χ2n) is 6.63. The molecule has 1 aromatic heterocycles. The highest BCUT2D eigenvalue weighted by Gasteiger charge is 2.20. The van der Waals surface area contributed by atoms with Crippen LogP contribution in [0, 0.1) is 13.8 Å². The number of anilines is 2. The summed E-state index contributed by atoms with van der Waals surface area (Å²) < 4.78 is 5.12. The molecule has 0 aliphatic carbocycles. The van der Waals surface area contributed by atoms with E-state index in [4.69, 9.17) is 4.74 Å². The zero-order valence-electron chi connectivity index (χ0n) is 16.8. The number of aryl methyl sites for hydroxylation is 2. The van der Waals surface area contributed by atoms with Crippen LogP contribution in [0.3, 0.4) is 0 Å². The Hall–Kier alpha value is -3.00. The van der Waals surface area contributed by atoms with E-state index in [0.29, 0.717) is 16.9 Å². The molecule has 1 heterocycles. The van der Waals surface area contributed by atoms with Gasteiger partial charge >= 0.3 is 5.97 Å². The van der Waals surface area contributed by atoms with Gasteiger partial charge in [-0.1, -0.05) is 0 Å². The zero-order valence-corrected chi connectivity index (χ0v) is 17.6. The summed E-state index contributed by atoms with van der Waals surface area (Å²) in [6, 6.07) is 8.37. The van der Waals surface area contributed by atoms with Crippen molar-refractivity contribution in [2.75, 3.05) is 10.6 Å². The molecule has 8 heteroatoms. The second-order valence-corrected chi connectivity index (χ2v) is 8.09. The van der Waals surface area contributed by atoms with Gasteiger partial charge in [0.25, 0.3) is 5.91 Å². The number of hydrogen-bond donors (Lipinski definition) is 2. The van der Waals surface area contributed by atoms with Crippen LogP contribution in [0.1, 0.15) is 46.8 Å². The number of benzene rings is 1. The van der Waals surface area contributed by atoms with Gasteiger partial charge in [-0.25, -0.2) is 0 Å². The fourth-order valence-corrected chi connectivity index (χ4v) is 3.59. The Morgan fingerprint density at radius 1 is 1.00 bits per heavy atom. The molecule has 154 valence electrons. The molecule has 0 radical (unpaired) electrons. The Labute approximate surface area is 173 Å². The Morgan fingerprint density at radius 3 is 2.10 bits per heavy atom. The predicted molar refractivity (Wildman–Crippen MR) is 112 cm³/mol. The van der Waals surface area contributed by atoms with E-state index in [1.165, 1.54) is 13.8 Å². The predicted octanol–water partition coefficient (Wildman–Crippen LogP) is 3.86. The maximum absolute atomic E-state index is 12.2. The van der Waals surface area contributed by atoms with Crippen LogP contribution in [0.15, 0.2) is 30.3 Å². The molecule has 2 rings (SSSR count). The monoisotopic (exact) mass is 416 g/mol. The molecule has 1 unspecified atom stereocenters. The van der Waals surface area contributed by atoms with Crippen LogP contribution in [0.2, 0.25) is 0 Å². The lowest BCUT2D eigenvalue weighted by Crippen LogP contribution is -2.30. The molecular weight excluding hydrogens is 392 g/mol. The molecule has 0 aliphatic rings. The highest BCUT2D eigenvalue weighted by molar-refractivity contribution is 7.12. The van der Waals surface area contributed by atoms with Crippen molar-refractivity contribution < 1.29 is 23.9 Å². The topological polar surface area (TPSA) is 102 Å². The first-order chi connectivity index (χ1) is 13.7. The Kier molecular flexibility index (Phi) is 7.67. The van der Waals surface area contributed by atoms with Crippen LogP contribution >= 0.6 is 11.3 Å². The first-order valence-electron chi connectivity index (χ1n) is 9.14. The molecule has 2 N–H and O–H groups in total. The summed E-state index contributed by atoms with van der Waals surface area (Å²) in [6.45, 7) is 6.67. The number of esters is 1. The van der Waals surface area contributed by atoms with Crippen molar-refractivity contribution in [2.24, 2.45) is 0 Å². The van der Waals surface area contributed by atoms with Gasteiger partial charge in [0.2, 0.25) is 5.91 Å². The van der Waals surface area contributed by atoms with Gasteiger partial charge in [-0.05, 0) is 51.1 Å². The maximum atomic E-state index is 12.2. The van der Waals surface area contributed by atoms with E-state index in [1.807, 2.05) is 19.9 Å². The van der Waals surface area contributed by atoms with Crippen molar-refractivity contribution >= 4 is 46.3 Å². The van der Waals surface area contributed by atoms with Crippen LogP contribution < -0.4 is 10.6 Å². The number of nitrogens with one attached hydrogen (secondary N) is 2. The first kappa shape index (κ1) is 22.3. The third-order valence-electron chi connectivity index (χ3n) is 4.05. The normalized spacial score (nSPS) is 11.4. The number of hydrogen-bond acceptors (Lipinski definition) is 6. The van der Waals surface area contributed by atoms with E-state index in [2.05, 4.69) is 10.6 Å². The molecule has 29 heavy (non-hydrogen) atoms. The summed E-state index contributed by atoms with van der Waals surface area (Å²) in [4.78, 5) is 49.4. The Morgan fingerprint density at radius 2 is 1.59 bits per heavy atom. The summed E-state index contributed by atoms with van der Waals surface area (Å²) in [6.07, 6.45) is -1.05. The third kappa shape index (κ3) is 6.83. The minimum Gasteiger partial charge on any atom is -0.453 e. The average Bonchev–Trinajstić information content (AvgIpc) is 2.99. The van der Waals surface area contributed by atoms with Crippen molar-refractivity contribution in [3.63, 3.8) is 0 Å². The molecule has 2 amide bonds. The second kappa shape index (κ2) is 9.97. The molecule has 7 nitrogen and oxygen atoms in total. The fourth-order valence-electron chi connectivity index (χ4n) is 2.65. The van der Waals surface area contributed by atoms with Gasteiger partial charge in [0.1, 0.15) is 0 Å². The Balaban J connectivity index is 1.80. The molecule has 2 aromatic rings. The average molecular weight is 416 g/mol. The van der Waals surface area contributed by atoms with Crippen LogP contribution in [0.25, 0.3) is 0 Å². The molecule has 0 bridgehead atoms. The van der Waals surface area contributed by atoms with Crippen molar-refractivity contribution in [2.45, 2.75) is 46.6 Å². The molecule has 0 aliphatic heterocycles. The SMILES string of the molecule is CC(=O)Nc1ccc(NC(=O)C(C)OC(=O)CCC(=O)c2cc(C)sc2C)cc1. The number of carbonyl (C=O) groups excluding carboxylic acids is 4. The maximum Gasteiger partial charge on any atom is 0.307 e. The number of rotatable bonds is 8. The van der Waals surface area contributed by atoms with E-state index in [9.17, 15) is 19.2 Å². The number of ketones is 1. The zero-order chi connectivity index (χ0) is 21.6. The molecule has 1 atom stereocenters. The lowest BCUT2D eigenvalue weighted by Gasteiger charge is -2.14. The summed E-state index contributed by atoms with van der Waals surface area (Å²) in [7, 11) is 0. The standard InChI is InChI=1S/C21H24N2O5S/c1-12-11-18(14(3)29-12)19(25)9-10-20(26)28-13(2)21(27)23-17-7-5-16(6-8-17)22-15(4)24/h5-8,11,13H,9-10H2,1-4H3,(H,22,24)(H,23,27). The number of ether oxygens (including phenoxy) is 1. The first-order valence-corrected chi connectivity index (χ1v) is 9.95. The van der Waals surface area contributed by atoms with Gasteiger partial charge in [-0.3, -0.25) is 19.2 Å². The van der Waals surface area contributed by atoms with Crippen molar-refractivity contribution in [3.05, 3.63) is 45.6 Å². The minimum absolute atomic E-state index is 0.0365. The van der Waals surface area contributed by atoms with Crippen LogP contribution in [0.4, 0.5) is 11.4 Å². The highest BCUT2D eigenvalue weighted by Crippen LogP contribution is 2.22. The van der Waals surface area contributed by atoms with Gasteiger partial charge in [0.15, 0.2) is 11.9 Å². The van der Waals surface area contributed by atoms with Gasteiger partial charge in [0, 0.05) is 40.0 Å². The molecular formula is C21H24N2O5S. The fraction of sp³-hybridized carbons (Fsp3) is 0.333. The van der Waals surface area contributed by atoms with E-state index < -0.39 is 18.0 Å². The smallest absolute Gasteiger partial charge is 0.307 e. The van der Waals surface area contributed by atoms with E-state index in [-0.39, 0.29) is 24.5 Å². The van der Waals surface area contributed by atoms with Gasteiger partial charge in [-0.2, -0.15) is 0 Å². The minimum atomic E-state index is -1.00. The summed E-state index contributed by atoms with van der Waals surface area (Å²) in [5, 5.41) is 5.26. The number of thiophene rings is 1. The van der Waals surface area contributed by atoms with Gasteiger partial charge < -0.3 is 15.4 Å². The van der Waals surface area contributed by atoms with Gasteiger partial charge in [-0.15, -0.1) is 11.3 Å². The molecule has 1 aromatic carbocycles. The molecule has 0 saturated heterocycles. The van der Waals surface area contributed by atoms with E-state index >= 15 is 0 Å². The lowest BCUT2D eigenvalue weighted by atomic mass is 10.1. The van der Waals surface area contributed by atoms with Crippen LogP contribution in [0.5, 0.6) is 0 Å². The number of amides is 2. The quantitative estimate of drug-likeness (QED) is 0.503. The number of Topliss-reactive ketones (excluding diaryl/α,β-unsaturated/α-hetero) is 1. The van der Waals surface area contributed by atoms with E-state index in [0.717, 1.165) is 9.75 Å². The number of carbonyl (C=O) groups is 4.